The standard InChI is InChI=1S/C10H11N3O2/c1-7(14)10-6-13(8(2)12-10)5-9-3-4-11-15-9/h3-4,6H,5H2,1-2H3. The van der Waals surface area contributed by atoms with Crippen molar-refractivity contribution >= 4 is 5.78 Å². The summed E-state index contributed by atoms with van der Waals surface area (Å²) in [6.45, 7) is 3.90. The minimum atomic E-state index is -0.0329. The first-order chi connectivity index (χ1) is 7.16. The van der Waals surface area contributed by atoms with Crippen LogP contribution in [0, 0.1) is 6.92 Å². The molecule has 2 heterocycles. The number of hydrogen-bond acceptors (Lipinski definition) is 4. The lowest BCUT2D eigenvalue weighted by molar-refractivity contribution is 0.101. The summed E-state index contributed by atoms with van der Waals surface area (Å²) in [5.41, 5.74) is 0.479. The van der Waals surface area contributed by atoms with Crippen LogP contribution in [-0.4, -0.2) is 20.5 Å². The quantitative estimate of drug-likeness (QED) is 0.711. The van der Waals surface area contributed by atoms with Crippen LogP contribution in [0.25, 0.3) is 0 Å². The van der Waals surface area contributed by atoms with E-state index in [4.69, 9.17) is 4.52 Å². The molecular weight excluding hydrogens is 194 g/mol. The maximum atomic E-state index is 11.1. The van der Waals surface area contributed by atoms with E-state index < -0.39 is 0 Å². The number of Topliss-reactive ketones (excluding diaryl/α,β-unsaturated/α-hetero) is 1. The van der Waals surface area contributed by atoms with Crippen molar-refractivity contribution in [3.8, 4) is 0 Å². The van der Waals surface area contributed by atoms with Gasteiger partial charge in [-0.05, 0) is 6.92 Å². The molecule has 15 heavy (non-hydrogen) atoms. The van der Waals surface area contributed by atoms with Gasteiger partial charge < -0.3 is 9.09 Å². The average Bonchev–Trinajstić information content (AvgIpc) is 2.77. The predicted molar refractivity (Wildman–Crippen MR) is 52.6 cm³/mol. The minimum absolute atomic E-state index is 0.0329. The van der Waals surface area contributed by atoms with Crippen molar-refractivity contribution in [2.45, 2.75) is 20.4 Å². The van der Waals surface area contributed by atoms with Gasteiger partial charge in [-0.2, -0.15) is 0 Å². The third-order valence-corrected chi connectivity index (χ3v) is 2.15. The van der Waals surface area contributed by atoms with E-state index in [9.17, 15) is 4.79 Å². The highest BCUT2D eigenvalue weighted by Gasteiger charge is 2.09. The molecule has 0 spiro atoms. The van der Waals surface area contributed by atoms with Gasteiger partial charge in [-0.25, -0.2) is 4.98 Å². The largest absolute Gasteiger partial charge is 0.359 e. The van der Waals surface area contributed by atoms with Gasteiger partial charge >= 0.3 is 0 Å². The molecule has 0 bridgehead atoms. The van der Waals surface area contributed by atoms with E-state index in [-0.39, 0.29) is 5.78 Å². The molecule has 0 unspecified atom stereocenters. The monoisotopic (exact) mass is 205 g/mol. The summed E-state index contributed by atoms with van der Waals surface area (Å²) in [6, 6.07) is 1.78. The molecule has 0 atom stereocenters. The first kappa shape index (κ1) is 9.64. The molecule has 0 fully saturated rings. The predicted octanol–water partition coefficient (Wildman–Crippen LogP) is 1.43. The highest BCUT2D eigenvalue weighted by molar-refractivity contribution is 5.91. The van der Waals surface area contributed by atoms with Crippen molar-refractivity contribution < 1.29 is 9.32 Å². The fraction of sp³-hybridized carbons (Fsp3) is 0.300. The molecule has 2 aromatic rings. The molecule has 0 aromatic carbocycles. The van der Waals surface area contributed by atoms with Gasteiger partial charge in [-0.15, -0.1) is 0 Å². The fourth-order valence-electron chi connectivity index (χ4n) is 1.33. The maximum absolute atomic E-state index is 11.1. The Labute approximate surface area is 86.7 Å². The smallest absolute Gasteiger partial charge is 0.179 e. The summed E-state index contributed by atoms with van der Waals surface area (Å²) in [4.78, 5) is 15.2. The van der Waals surface area contributed by atoms with E-state index in [0.29, 0.717) is 12.2 Å². The Morgan fingerprint density at radius 3 is 2.93 bits per heavy atom. The van der Waals surface area contributed by atoms with E-state index in [1.54, 1.807) is 18.5 Å². The summed E-state index contributed by atoms with van der Waals surface area (Å²) in [5, 5.41) is 3.61. The fourth-order valence-corrected chi connectivity index (χ4v) is 1.33. The number of aryl methyl sites for hydroxylation is 1. The van der Waals surface area contributed by atoms with Crippen molar-refractivity contribution in [2.75, 3.05) is 0 Å². The molecule has 5 nitrogen and oxygen atoms in total. The number of nitrogens with zero attached hydrogens (tertiary/aromatic N) is 3. The zero-order chi connectivity index (χ0) is 10.8. The third kappa shape index (κ3) is 1.96. The van der Waals surface area contributed by atoms with Gasteiger partial charge in [0.25, 0.3) is 0 Å². The number of carbonyl (C=O) groups is 1. The highest BCUT2D eigenvalue weighted by Crippen LogP contribution is 2.07. The summed E-state index contributed by atoms with van der Waals surface area (Å²) in [5.74, 6) is 1.50. The lowest BCUT2D eigenvalue weighted by atomic mass is 10.3. The zero-order valence-electron chi connectivity index (χ0n) is 8.60. The van der Waals surface area contributed by atoms with Crippen LogP contribution in [0.5, 0.6) is 0 Å². The molecule has 0 aliphatic heterocycles. The molecule has 0 aliphatic carbocycles. The molecule has 0 radical (unpaired) electrons. The number of ketones is 1. The van der Waals surface area contributed by atoms with Gasteiger partial charge in [0.2, 0.25) is 0 Å². The van der Waals surface area contributed by atoms with Crippen molar-refractivity contribution in [3.63, 3.8) is 0 Å². The van der Waals surface area contributed by atoms with Crippen molar-refractivity contribution in [1.29, 1.82) is 0 Å². The van der Waals surface area contributed by atoms with Crippen molar-refractivity contribution in [1.82, 2.24) is 14.7 Å². The molecule has 0 aliphatic rings. The Kier molecular flexibility index (Phi) is 2.37. The van der Waals surface area contributed by atoms with Gasteiger partial charge in [-0.1, -0.05) is 5.16 Å². The van der Waals surface area contributed by atoms with Crippen LogP contribution in [0.15, 0.2) is 23.0 Å². The minimum Gasteiger partial charge on any atom is -0.359 e. The van der Waals surface area contributed by atoms with Crippen molar-refractivity contribution in [2.24, 2.45) is 0 Å². The molecule has 0 saturated carbocycles. The molecule has 78 valence electrons. The van der Waals surface area contributed by atoms with Gasteiger partial charge in [0, 0.05) is 19.2 Å². The second kappa shape index (κ2) is 3.68. The molecule has 2 aromatic heterocycles. The number of carbonyl (C=O) groups excluding carboxylic acids is 1. The van der Waals surface area contributed by atoms with Gasteiger partial charge in [-0.3, -0.25) is 4.79 Å². The van der Waals surface area contributed by atoms with Crippen LogP contribution >= 0.6 is 0 Å². The van der Waals surface area contributed by atoms with E-state index in [0.717, 1.165) is 11.6 Å². The Balaban J connectivity index is 2.25. The van der Waals surface area contributed by atoms with Gasteiger partial charge in [0.1, 0.15) is 11.5 Å². The summed E-state index contributed by atoms with van der Waals surface area (Å²) in [6.07, 6.45) is 3.31. The summed E-state index contributed by atoms with van der Waals surface area (Å²) in [7, 11) is 0. The Morgan fingerprint density at radius 1 is 1.60 bits per heavy atom. The first-order valence-corrected chi connectivity index (χ1v) is 4.61. The van der Waals surface area contributed by atoms with Gasteiger partial charge in [0.15, 0.2) is 11.5 Å². The molecule has 0 N–H and O–H groups in total. The molecular formula is C10H11N3O2. The topological polar surface area (TPSA) is 60.9 Å². The van der Waals surface area contributed by atoms with Gasteiger partial charge in [0.05, 0.1) is 12.7 Å². The second-order valence-electron chi connectivity index (χ2n) is 3.34. The lowest BCUT2D eigenvalue weighted by Crippen LogP contribution is -1.99. The first-order valence-electron chi connectivity index (χ1n) is 4.61. The number of hydrogen-bond donors (Lipinski definition) is 0. The average molecular weight is 205 g/mol. The molecule has 0 amide bonds. The SMILES string of the molecule is CC(=O)c1cn(Cc2ccno2)c(C)n1. The second-order valence-corrected chi connectivity index (χ2v) is 3.34. The van der Waals surface area contributed by atoms with E-state index in [1.807, 2.05) is 11.5 Å². The zero-order valence-corrected chi connectivity index (χ0v) is 8.60. The number of imidazole rings is 1. The van der Waals surface area contributed by atoms with Crippen LogP contribution in [0.3, 0.4) is 0 Å². The van der Waals surface area contributed by atoms with Crippen LogP contribution in [0.1, 0.15) is 29.0 Å². The van der Waals surface area contributed by atoms with E-state index in [2.05, 4.69) is 10.1 Å². The van der Waals surface area contributed by atoms with Crippen LogP contribution < -0.4 is 0 Å². The Bertz CT molecular complexity index is 471. The molecule has 5 heteroatoms. The maximum Gasteiger partial charge on any atom is 0.179 e. The number of rotatable bonds is 3. The molecule has 0 saturated heterocycles. The van der Waals surface area contributed by atoms with E-state index in [1.165, 1.54) is 6.92 Å². The van der Waals surface area contributed by atoms with Crippen molar-refractivity contribution in [3.05, 3.63) is 35.7 Å². The summed E-state index contributed by atoms with van der Waals surface area (Å²) < 4.78 is 6.84. The lowest BCUT2D eigenvalue weighted by Gasteiger charge is -1.99. The number of aromatic nitrogens is 3. The highest BCUT2D eigenvalue weighted by atomic mass is 16.5. The van der Waals surface area contributed by atoms with Crippen LogP contribution in [-0.2, 0) is 6.54 Å². The van der Waals surface area contributed by atoms with E-state index >= 15 is 0 Å². The molecule has 2 rings (SSSR count). The summed E-state index contributed by atoms with van der Waals surface area (Å²) >= 11 is 0. The third-order valence-electron chi connectivity index (χ3n) is 2.15. The normalized spacial score (nSPS) is 10.5. The Hall–Kier alpha value is -1.91. The van der Waals surface area contributed by atoms with Crippen LogP contribution in [0.4, 0.5) is 0 Å². The Morgan fingerprint density at radius 2 is 2.40 bits per heavy atom. The van der Waals surface area contributed by atoms with Crippen LogP contribution in [0.2, 0.25) is 0 Å².